The van der Waals surface area contributed by atoms with Crippen molar-refractivity contribution in [3.8, 4) is 0 Å². The molecule has 0 radical (unpaired) electrons. The summed E-state index contributed by atoms with van der Waals surface area (Å²) in [5.74, 6) is 0.791. The van der Waals surface area contributed by atoms with Crippen LogP contribution in [-0.4, -0.2) is 12.6 Å². The third-order valence-corrected chi connectivity index (χ3v) is 3.99. The van der Waals surface area contributed by atoms with Crippen LogP contribution in [0.4, 0.5) is 0 Å². The molecule has 0 aliphatic heterocycles. The standard InChI is InChI=1S/C16H25NO/c1-12-6-5-8-14(10-12)18-16(11-17)15-9-4-3-7-13(15)2/h3-4,7,9,12,14,16H,5-6,8,10-11,17H2,1-2H3. The van der Waals surface area contributed by atoms with Gasteiger partial charge in [-0.25, -0.2) is 0 Å². The maximum absolute atomic E-state index is 6.25. The molecule has 0 spiro atoms. The van der Waals surface area contributed by atoms with Crippen molar-refractivity contribution in [1.29, 1.82) is 0 Å². The van der Waals surface area contributed by atoms with Gasteiger partial charge in [-0.15, -0.1) is 0 Å². The lowest BCUT2D eigenvalue weighted by molar-refractivity contribution is -0.0363. The summed E-state index contributed by atoms with van der Waals surface area (Å²) in [5.41, 5.74) is 8.42. The van der Waals surface area contributed by atoms with E-state index in [0.717, 1.165) is 5.92 Å². The molecular weight excluding hydrogens is 222 g/mol. The Morgan fingerprint density at radius 3 is 2.78 bits per heavy atom. The second-order valence-corrected chi connectivity index (χ2v) is 5.61. The van der Waals surface area contributed by atoms with E-state index >= 15 is 0 Å². The first-order chi connectivity index (χ1) is 8.70. The Kier molecular flexibility index (Phi) is 4.79. The molecule has 1 aromatic carbocycles. The van der Waals surface area contributed by atoms with Gasteiger partial charge >= 0.3 is 0 Å². The highest BCUT2D eigenvalue weighted by atomic mass is 16.5. The molecule has 3 atom stereocenters. The van der Waals surface area contributed by atoms with Gasteiger partial charge in [-0.05, 0) is 36.8 Å². The number of hydrogen-bond donors (Lipinski definition) is 1. The molecule has 100 valence electrons. The Bertz CT molecular complexity index is 377. The largest absolute Gasteiger partial charge is 0.369 e. The van der Waals surface area contributed by atoms with Crippen molar-refractivity contribution in [3.05, 3.63) is 35.4 Å². The minimum Gasteiger partial charge on any atom is -0.369 e. The van der Waals surface area contributed by atoms with Crippen molar-refractivity contribution in [2.24, 2.45) is 11.7 Å². The molecule has 1 fully saturated rings. The minimum atomic E-state index is 0.0569. The molecule has 2 nitrogen and oxygen atoms in total. The van der Waals surface area contributed by atoms with Gasteiger partial charge in [-0.1, -0.05) is 44.0 Å². The van der Waals surface area contributed by atoms with Crippen LogP contribution in [0.2, 0.25) is 0 Å². The molecule has 1 aliphatic rings. The second kappa shape index (κ2) is 6.35. The Morgan fingerprint density at radius 2 is 2.11 bits per heavy atom. The van der Waals surface area contributed by atoms with Crippen molar-refractivity contribution in [1.82, 2.24) is 0 Å². The highest BCUT2D eigenvalue weighted by Gasteiger charge is 2.23. The number of benzene rings is 1. The van der Waals surface area contributed by atoms with E-state index in [-0.39, 0.29) is 6.10 Å². The van der Waals surface area contributed by atoms with Gasteiger partial charge in [0, 0.05) is 6.54 Å². The van der Waals surface area contributed by atoms with E-state index in [1.807, 2.05) is 0 Å². The van der Waals surface area contributed by atoms with Crippen LogP contribution in [0.5, 0.6) is 0 Å². The zero-order valence-corrected chi connectivity index (χ0v) is 11.6. The number of rotatable bonds is 4. The van der Waals surface area contributed by atoms with Gasteiger partial charge in [0.1, 0.15) is 0 Å². The summed E-state index contributed by atoms with van der Waals surface area (Å²) < 4.78 is 6.25. The molecule has 2 N–H and O–H groups in total. The smallest absolute Gasteiger partial charge is 0.0953 e. The summed E-state index contributed by atoms with van der Waals surface area (Å²) in [4.78, 5) is 0. The number of aryl methyl sites for hydroxylation is 1. The quantitative estimate of drug-likeness (QED) is 0.882. The summed E-state index contributed by atoms with van der Waals surface area (Å²) in [6, 6.07) is 8.40. The molecule has 3 unspecified atom stereocenters. The van der Waals surface area contributed by atoms with Gasteiger partial charge < -0.3 is 10.5 Å². The van der Waals surface area contributed by atoms with E-state index < -0.39 is 0 Å². The first kappa shape index (κ1) is 13.6. The average molecular weight is 247 g/mol. The van der Waals surface area contributed by atoms with Crippen molar-refractivity contribution in [2.45, 2.75) is 51.7 Å². The van der Waals surface area contributed by atoms with Crippen molar-refractivity contribution >= 4 is 0 Å². The Morgan fingerprint density at radius 1 is 1.33 bits per heavy atom. The van der Waals surface area contributed by atoms with Crippen LogP contribution in [0.15, 0.2) is 24.3 Å². The van der Waals surface area contributed by atoms with Crippen molar-refractivity contribution in [2.75, 3.05) is 6.54 Å². The molecule has 1 aliphatic carbocycles. The molecule has 2 rings (SSSR count). The van der Waals surface area contributed by atoms with E-state index in [9.17, 15) is 0 Å². The molecule has 1 aromatic rings. The summed E-state index contributed by atoms with van der Waals surface area (Å²) in [7, 11) is 0. The predicted octanol–water partition coefficient (Wildman–Crippen LogP) is 3.59. The normalized spacial score (nSPS) is 25.9. The third-order valence-electron chi connectivity index (χ3n) is 3.99. The van der Waals surface area contributed by atoms with Crippen LogP contribution in [0.25, 0.3) is 0 Å². The third kappa shape index (κ3) is 3.33. The van der Waals surface area contributed by atoms with Crippen LogP contribution in [0.1, 0.15) is 49.8 Å². The zero-order chi connectivity index (χ0) is 13.0. The van der Waals surface area contributed by atoms with E-state index in [1.165, 1.54) is 36.8 Å². The predicted molar refractivity (Wildman–Crippen MR) is 75.5 cm³/mol. The van der Waals surface area contributed by atoms with E-state index in [0.29, 0.717) is 12.6 Å². The maximum Gasteiger partial charge on any atom is 0.0953 e. The van der Waals surface area contributed by atoms with E-state index in [4.69, 9.17) is 10.5 Å². The lowest BCUT2D eigenvalue weighted by Gasteiger charge is -2.30. The molecule has 0 saturated heterocycles. The molecular formula is C16H25NO. The SMILES string of the molecule is Cc1ccccc1C(CN)OC1CCCC(C)C1. The number of nitrogens with two attached hydrogens (primary N) is 1. The molecule has 0 bridgehead atoms. The summed E-state index contributed by atoms with van der Waals surface area (Å²) >= 11 is 0. The molecule has 1 saturated carbocycles. The fraction of sp³-hybridized carbons (Fsp3) is 0.625. The Labute approximate surface area is 111 Å². The van der Waals surface area contributed by atoms with Crippen LogP contribution < -0.4 is 5.73 Å². The Hall–Kier alpha value is -0.860. The monoisotopic (exact) mass is 247 g/mol. The Balaban J connectivity index is 2.03. The molecule has 18 heavy (non-hydrogen) atoms. The summed E-state index contributed by atoms with van der Waals surface area (Å²) in [6.45, 7) is 5.02. The van der Waals surface area contributed by atoms with Gasteiger partial charge in [-0.2, -0.15) is 0 Å². The fourth-order valence-electron chi connectivity index (χ4n) is 2.94. The first-order valence-corrected chi connectivity index (χ1v) is 7.11. The van der Waals surface area contributed by atoms with Crippen LogP contribution in [0.3, 0.4) is 0 Å². The van der Waals surface area contributed by atoms with Crippen LogP contribution >= 0.6 is 0 Å². The van der Waals surface area contributed by atoms with Gasteiger partial charge in [0.2, 0.25) is 0 Å². The minimum absolute atomic E-state index is 0.0569. The number of hydrogen-bond acceptors (Lipinski definition) is 2. The summed E-state index contributed by atoms with van der Waals surface area (Å²) in [6.07, 6.45) is 5.45. The zero-order valence-electron chi connectivity index (χ0n) is 11.6. The number of ether oxygens (including phenoxy) is 1. The van der Waals surface area contributed by atoms with Crippen LogP contribution in [-0.2, 0) is 4.74 Å². The van der Waals surface area contributed by atoms with E-state index in [2.05, 4.69) is 38.1 Å². The lowest BCUT2D eigenvalue weighted by atomic mass is 9.88. The highest BCUT2D eigenvalue weighted by molar-refractivity contribution is 5.28. The fourth-order valence-corrected chi connectivity index (χ4v) is 2.94. The first-order valence-electron chi connectivity index (χ1n) is 7.11. The molecule has 2 heteroatoms. The van der Waals surface area contributed by atoms with E-state index in [1.54, 1.807) is 0 Å². The average Bonchev–Trinajstić information content (AvgIpc) is 2.37. The van der Waals surface area contributed by atoms with Crippen molar-refractivity contribution in [3.63, 3.8) is 0 Å². The molecule has 0 amide bonds. The lowest BCUT2D eigenvalue weighted by Crippen LogP contribution is -2.27. The van der Waals surface area contributed by atoms with Gasteiger partial charge in [-0.3, -0.25) is 0 Å². The van der Waals surface area contributed by atoms with Crippen molar-refractivity contribution < 1.29 is 4.74 Å². The highest BCUT2D eigenvalue weighted by Crippen LogP contribution is 2.30. The van der Waals surface area contributed by atoms with Crippen LogP contribution in [0, 0.1) is 12.8 Å². The van der Waals surface area contributed by atoms with Gasteiger partial charge in [0.25, 0.3) is 0 Å². The van der Waals surface area contributed by atoms with Gasteiger partial charge in [0.15, 0.2) is 0 Å². The summed E-state index contributed by atoms with van der Waals surface area (Å²) in [5, 5.41) is 0. The van der Waals surface area contributed by atoms with Gasteiger partial charge in [0.05, 0.1) is 12.2 Å². The second-order valence-electron chi connectivity index (χ2n) is 5.61. The maximum atomic E-state index is 6.25. The topological polar surface area (TPSA) is 35.2 Å². The molecule has 0 aromatic heterocycles. The molecule has 0 heterocycles.